The van der Waals surface area contributed by atoms with Crippen molar-refractivity contribution >= 4 is 17.8 Å². The van der Waals surface area contributed by atoms with Crippen molar-refractivity contribution in [3.63, 3.8) is 0 Å². The van der Waals surface area contributed by atoms with Crippen LogP contribution < -0.4 is 9.47 Å². The Morgan fingerprint density at radius 1 is 0.938 bits per heavy atom. The van der Waals surface area contributed by atoms with Gasteiger partial charge in [-0.05, 0) is 41.7 Å². The number of carbonyl (C=O) groups excluding carboxylic acids is 3. The van der Waals surface area contributed by atoms with Gasteiger partial charge in [0.15, 0.2) is 11.5 Å². The molecule has 8 heteroatoms. The molecule has 1 fully saturated rings. The van der Waals surface area contributed by atoms with Gasteiger partial charge in [-0.25, -0.2) is 9.69 Å². The Hall–Kier alpha value is -3.39. The molecule has 4 rings (SSSR count). The maximum Gasteiger partial charge on any atom is 0.335 e. The van der Waals surface area contributed by atoms with Gasteiger partial charge in [0.1, 0.15) is 0 Å². The molecule has 4 amide bonds. The van der Waals surface area contributed by atoms with E-state index in [1.54, 1.807) is 14.2 Å². The molecule has 2 aromatic carbocycles. The fraction of sp³-hybridized carbons (Fsp3) is 0.375. The SMILES string of the molecule is CCCN1C(=O)C(=O)N(CN2CCc3cc(OC)c(OC)cc3[C@H]2c2ccccc2)C1=O. The summed E-state index contributed by atoms with van der Waals surface area (Å²) in [6.45, 7) is 2.75. The smallest absolute Gasteiger partial charge is 0.335 e. The van der Waals surface area contributed by atoms with Gasteiger partial charge in [-0.15, -0.1) is 0 Å². The van der Waals surface area contributed by atoms with Gasteiger partial charge >= 0.3 is 17.8 Å². The molecule has 168 valence electrons. The average molecular weight is 437 g/mol. The van der Waals surface area contributed by atoms with Crippen molar-refractivity contribution in [2.45, 2.75) is 25.8 Å². The van der Waals surface area contributed by atoms with Crippen LogP contribution in [0.5, 0.6) is 11.5 Å². The van der Waals surface area contributed by atoms with Crippen LogP contribution in [0.4, 0.5) is 4.79 Å². The minimum Gasteiger partial charge on any atom is -0.493 e. The summed E-state index contributed by atoms with van der Waals surface area (Å²) in [5.74, 6) is -0.242. The highest BCUT2D eigenvalue weighted by molar-refractivity contribution is 6.44. The molecule has 0 N–H and O–H groups in total. The molecule has 0 spiro atoms. The zero-order chi connectivity index (χ0) is 22.8. The van der Waals surface area contributed by atoms with Crippen molar-refractivity contribution in [2.75, 3.05) is 34.0 Å². The molecule has 1 atom stereocenters. The van der Waals surface area contributed by atoms with E-state index in [-0.39, 0.29) is 19.3 Å². The molecule has 0 aromatic heterocycles. The third kappa shape index (κ3) is 3.71. The number of nitrogens with zero attached hydrogens (tertiary/aromatic N) is 3. The van der Waals surface area contributed by atoms with Gasteiger partial charge in [-0.1, -0.05) is 37.3 Å². The molecule has 1 saturated heterocycles. The maximum atomic E-state index is 12.8. The van der Waals surface area contributed by atoms with Gasteiger partial charge in [0, 0.05) is 13.1 Å². The number of amides is 4. The molecule has 0 aliphatic carbocycles. The Morgan fingerprint density at radius 3 is 2.25 bits per heavy atom. The lowest BCUT2D eigenvalue weighted by molar-refractivity contribution is -0.144. The van der Waals surface area contributed by atoms with Gasteiger partial charge in [-0.3, -0.25) is 19.4 Å². The van der Waals surface area contributed by atoms with Crippen LogP contribution in [0.25, 0.3) is 0 Å². The van der Waals surface area contributed by atoms with Crippen molar-refractivity contribution < 1.29 is 23.9 Å². The molecular weight excluding hydrogens is 410 g/mol. The van der Waals surface area contributed by atoms with Crippen molar-refractivity contribution in [3.05, 3.63) is 59.2 Å². The highest BCUT2D eigenvalue weighted by atomic mass is 16.5. The summed E-state index contributed by atoms with van der Waals surface area (Å²) < 4.78 is 11.0. The highest BCUT2D eigenvalue weighted by Gasteiger charge is 2.45. The Labute approximate surface area is 187 Å². The summed E-state index contributed by atoms with van der Waals surface area (Å²) in [6.07, 6.45) is 1.31. The van der Waals surface area contributed by atoms with Crippen LogP contribution >= 0.6 is 0 Å². The third-order valence-electron chi connectivity index (χ3n) is 5.99. The molecule has 2 heterocycles. The van der Waals surface area contributed by atoms with Crippen LogP contribution in [-0.2, 0) is 16.0 Å². The van der Waals surface area contributed by atoms with Gasteiger partial charge in [0.25, 0.3) is 0 Å². The lowest BCUT2D eigenvalue weighted by atomic mass is 9.88. The topological polar surface area (TPSA) is 79.4 Å². The fourth-order valence-corrected chi connectivity index (χ4v) is 4.45. The fourth-order valence-electron chi connectivity index (χ4n) is 4.45. The van der Waals surface area contributed by atoms with Crippen LogP contribution in [0, 0.1) is 0 Å². The van der Waals surface area contributed by atoms with Crippen LogP contribution in [-0.4, -0.2) is 66.5 Å². The first-order valence-electron chi connectivity index (χ1n) is 10.7. The number of hydrogen-bond donors (Lipinski definition) is 0. The van der Waals surface area contributed by atoms with Crippen LogP contribution in [0.2, 0.25) is 0 Å². The molecule has 32 heavy (non-hydrogen) atoms. The standard InChI is InChI=1S/C24H27N3O5/c1-4-11-26-22(28)23(29)27(24(26)30)15-25-12-10-17-13-19(31-2)20(32-3)14-18(17)21(25)16-8-6-5-7-9-16/h5-9,13-14,21H,4,10-12,15H2,1-3H3/t21-/m1/s1. The molecule has 2 aliphatic rings. The quantitative estimate of drug-likeness (QED) is 0.490. The van der Waals surface area contributed by atoms with Crippen LogP contribution in [0.1, 0.15) is 36.1 Å². The number of benzene rings is 2. The Bertz CT molecular complexity index is 1040. The second kappa shape index (κ2) is 9.00. The second-order valence-corrected chi connectivity index (χ2v) is 7.90. The van der Waals surface area contributed by atoms with Gasteiger partial charge in [-0.2, -0.15) is 0 Å². The van der Waals surface area contributed by atoms with Crippen molar-refractivity contribution in [3.8, 4) is 11.5 Å². The monoisotopic (exact) mass is 437 g/mol. The zero-order valence-corrected chi connectivity index (χ0v) is 18.5. The first-order valence-corrected chi connectivity index (χ1v) is 10.7. The maximum absolute atomic E-state index is 12.8. The number of ether oxygens (including phenoxy) is 2. The van der Waals surface area contributed by atoms with Crippen molar-refractivity contribution in [2.24, 2.45) is 0 Å². The minimum absolute atomic E-state index is 0.0387. The molecule has 2 aromatic rings. The van der Waals surface area contributed by atoms with Crippen LogP contribution in [0.15, 0.2) is 42.5 Å². The summed E-state index contributed by atoms with van der Waals surface area (Å²) in [7, 11) is 3.20. The molecule has 0 bridgehead atoms. The largest absolute Gasteiger partial charge is 0.493 e. The molecule has 8 nitrogen and oxygen atoms in total. The van der Waals surface area contributed by atoms with Gasteiger partial charge in [0.05, 0.1) is 26.9 Å². The first-order chi connectivity index (χ1) is 15.5. The number of urea groups is 1. The van der Waals surface area contributed by atoms with E-state index in [1.165, 1.54) is 0 Å². The predicted octanol–water partition coefficient (Wildman–Crippen LogP) is 2.81. The summed E-state index contributed by atoms with van der Waals surface area (Å²) in [5, 5.41) is 0. The number of hydrogen-bond acceptors (Lipinski definition) is 6. The van der Waals surface area contributed by atoms with E-state index in [0.717, 1.165) is 26.5 Å². The normalized spacial score (nSPS) is 18.8. The molecule has 0 radical (unpaired) electrons. The lowest BCUT2D eigenvalue weighted by Gasteiger charge is -2.39. The Morgan fingerprint density at radius 2 is 1.59 bits per heavy atom. The average Bonchev–Trinajstić information content (AvgIpc) is 3.02. The summed E-state index contributed by atoms with van der Waals surface area (Å²) in [6, 6.07) is 13.1. The van der Waals surface area contributed by atoms with Gasteiger partial charge in [0.2, 0.25) is 0 Å². The number of methoxy groups -OCH3 is 2. The molecule has 2 aliphatic heterocycles. The van der Waals surface area contributed by atoms with E-state index in [1.807, 2.05) is 49.4 Å². The minimum atomic E-state index is -0.770. The first kappa shape index (κ1) is 21.8. The number of imide groups is 2. The van der Waals surface area contributed by atoms with Crippen LogP contribution in [0.3, 0.4) is 0 Å². The van der Waals surface area contributed by atoms with E-state index in [4.69, 9.17) is 9.47 Å². The summed E-state index contributed by atoms with van der Waals surface area (Å²) in [5.41, 5.74) is 3.17. The number of fused-ring (bicyclic) bond motifs is 1. The van der Waals surface area contributed by atoms with E-state index in [9.17, 15) is 14.4 Å². The second-order valence-electron chi connectivity index (χ2n) is 7.90. The summed E-state index contributed by atoms with van der Waals surface area (Å²) >= 11 is 0. The van der Waals surface area contributed by atoms with Crippen molar-refractivity contribution in [1.82, 2.24) is 14.7 Å². The van der Waals surface area contributed by atoms with E-state index >= 15 is 0 Å². The Balaban J connectivity index is 1.72. The number of rotatable bonds is 7. The van der Waals surface area contributed by atoms with Gasteiger partial charge < -0.3 is 9.47 Å². The molecule has 0 unspecified atom stereocenters. The predicted molar refractivity (Wildman–Crippen MR) is 117 cm³/mol. The van der Waals surface area contributed by atoms with E-state index < -0.39 is 17.8 Å². The zero-order valence-electron chi connectivity index (χ0n) is 18.5. The van der Waals surface area contributed by atoms with E-state index in [2.05, 4.69) is 4.90 Å². The van der Waals surface area contributed by atoms with Crippen molar-refractivity contribution in [1.29, 1.82) is 0 Å². The highest BCUT2D eigenvalue weighted by Crippen LogP contribution is 2.41. The van der Waals surface area contributed by atoms with E-state index in [0.29, 0.717) is 30.9 Å². The lowest BCUT2D eigenvalue weighted by Crippen LogP contribution is -2.46. The third-order valence-corrected chi connectivity index (χ3v) is 5.99. The Kier molecular flexibility index (Phi) is 6.14. The number of carbonyl (C=O) groups is 3. The molecular formula is C24H27N3O5. The summed E-state index contributed by atoms with van der Waals surface area (Å²) in [4.78, 5) is 41.9. The molecule has 0 saturated carbocycles.